The minimum absolute atomic E-state index is 0.588. The van der Waals surface area contributed by atoms with E-state index < -0.39 is 0 Å². The molecule has 0 aliphatic rings. The number of H-pyrrole nitrogens is 1. The molecular formula is C14H18N3OS+. The number of hydrogen-bond acceptors (Lipinski definition) is 4. The summed E-state index contributed by atoms with van der Waals surface area (Å²) in [6.07, 6.45) is 3.49. The minimum atomic E-state index is 0.588. The van der Waals surface area contributed by atoms with E-state index in [9.17, 15) is 0 Å². The molecule has 0 atom stereocenters. The SMILES string of the molecule is CCSc1cc(Oc2cc[nH+]cc2N)ccc1NC. The van der Waals surface area contributed by atoms with Crippen LogP contribution >= 0.6 is 11.8 Å². The summed E-state index contributed by atoms with van der Waals surface area (Å²) in [6.45, 7) is 2.13. The summed E-state index contributed by atoms with van der Waals surface area (Å²) in [6, 6.07) is 7.78. The van der Waals surface area contributed by atoms with Crippen LogP contribution in [0.5, 0.6) is 11.5 Å². The lowest BCUT2D eigenvalue weighted by molar-refractivity contribution is -0.377. The van der Waals surface area contributed by atoms with E-state index in [2.05, 4.69) is 17.2 Å². The molecule has 0 spiro atoms. The van der Waals surface area contributed by atoms with Crippen LogP contribution in [0.15, 0.2) is 41.6 Å². The minimum Gasteiger partial charge on any atom is -0.455 e. The van der Waals surface area contributed by atoms with Crippen LogP contribution in [0, 0.1) is 0 Å². The second-order valence-electron chi connectivity index (χ2n) is 3.91. The van der Waals surface area contributed by atoms with Crippen molar-refractivity contribution in [3.05, 3.63) is 36.7 Å². The van der Waals surface area contributed by atoms with Gasteiger partial charge in [0.25, 0.3) is 0 Å². The molecular weight excluding hydrogens is 258 g/mol. The van der Waals surface area contributed by atoms with Crippen LogP contribution in [-0.2, 0) is 0 Å². The molecule has 100 valence electrons. The number of thioether (sulfide) groups is 1. The van der Waals surface area contributed by atoms with Gasteiger partial charge in [0.1, 0.15) is 11.4 Å². The second kappa shape index (κ2) is 6.33. The Bertz CT molecular complexity index is 560. The highest BCUT2D eigenvalue weighted by Crippen LogP contribution is 2.33. The number of hydrogen-bond donors (Lipinski definition) is 2. The lowest BCUT2D eigenvalue weighted by Crippen LogP contribution is -2.03. The number of nitrogen functional groups attached to an aromatic ring is 1. The highest BCUT2D eigenvalue weighted by Gasteiger charge is 2.07. The molecule has 1 heterocycles. The molecule has 5 heteroatoms. The van der Waals surface area contributed by atoms with Crippen molar-refractivity contribution >= 4 is 23.1 Å². The molecule has 4 N–H and O–H groups in total. The number of aromatic amines is 1. The predicted octanol–water partition coefficient (Wildman–Crippen LogP) is 3.03. The Morgan fingerprint density at radius 2 is 2.21 bits per heavy atom. The van der Waals surface area contributed by atoms with Gasteiger partial charge in [-0.1, -0.05) is 6.92 Å². The van der Waals surface area contributed by atoms with Crippen LogP contribution in [0.4, 0.5) is 11.4 Å². The molecule has 0 saturated carbocycles. The maximum Gasteiger partial charge on any atom is 0.194 e. The summed E-state index contributed by atoms with van der Waals surface area (Å²) in [5, 5.41) is 3.18. The third-order valence-electron chi connectivity index (χ3n) is 2.60. The van der Waals surface area contributed by atoms with Crippen molar-refractivity contribution in [2.75, 3.05) is 23.9 Å². The van der Waals surface area contributed by atoms with Crippen LogP contribution < -0.4 is 20.8 Å². The maximum absolute atomic E-state index is 5.85. The fourth-order valence-corrected chi connectivity index (χ4v) is 2.53. The summed E-state index contributed by atoms with van der Waals surface area (Å²) in [5.41, 5.74) is 7.54. The number of ether oxygens (including phenoxy) is 1. The van der Waals surface area contributed by atoms with Crippen molar-refractivity contribution in [2.24, 2.45) is 0 Å². The molecule has 0 radical (unpaired) electrons. The first-order chi connectivity index (χ1) is 9.24. The fraction of sp³-hybridized carbons (Fsp3) is 0.214. The third kappa shape index (κ3) is 3.32. The topological polar surface area (TPSA) is 61.4 Å². The molecule has 1 aromatic carbocycles. The van der Waals surface area contributed by atoms with Gasteiger partial charge in [-0.05, 0) is 24.0 Å². The van der Waals surface area contributed by atoms with Gasteiger partial charge in [0.2, 0.25) is 0 Å². The highest BCUT2D eigenvalue weighted by atomic mass is 32.2. The average molecular weight is 276 g/mol. The smallest absolute Gasteiger partial charge is 0.194 e. The lowest BCUT2D eigenvalue weighted by Gasteiger charge is -2.11. The molecule has 2 aromatic rings. The quantitative estimate of drug-likeness (QED) is 0.824. The van der Waals surface area contributed by atoms with Crippen molar-refractivity contribution in [1.29, 1.82) is 0 Å². The van der Waals surface area contributed by atoms with E-state index in [1.807, 2.05) is 31.3 Å². The number of anilines is 2. The van der Waals surface area contributed by atoms with E-state index in [4.69, 9.17) is 10.5 Å². The molecule has 1 aromatic heterocycles. The van der Waals surface area contributed by atoms with Gasteiger partial charge in [-0.3, -0.25) is 0 Å². The van der Waals surface area contributed by atoms with Crippen molar-refractivity contribution in [1.82, 2.24) is 0 Å². The molecule has 0 bridgehead atoms. The Hall–Kier alpha value is -1.88. The van der Waals surface area contributed by atoms with Gasteiger partial charge in [-0.25, -0.2) is 4.98 Å². The fourth-order valence-electron chi connectivity index (χ4n) is 1.70. The van der Waals surface area contributed by atoms with E-state index in [0.29, 0.717) is 11.4 Å². The van der Waals surface area contributed by atoms with Crippen LogP contribution in [0.3, 0.4) is 0 Å². The van der Waals surface area contributed by atoms with E-state index in [-0.39, 0.29) is 0 Å². The van der Waals surface area contributed by atoms with Crippen molar-refractivity contribution < 1.29 is 9.72 Å². The lowest BCUT2D eigenvalue weighted by atomic mass is 10.3. The summed E-state index contributed by atoms with van der Waals surface area (Å²) in [7, 11) is 1.92. The van der Waals surface area contributed by atoms with Crippen molar-refractivity contribution in [3.8, 4) is 11.5 Å². The van der Waals surface area contributed by atoms with Crippen molar-refractivity contribution in [2.45, 2.75) is 11.8 Å². The first-order valence-corrected chi connectivity index (χ1v) is 7.11. The molecule has 0 aliphatic heterocycles. The Balaban J connectivity index is 2.26. The number of benzene rings is 1. The van der Waals surface area contributed by atoms with Gasteiger partial charge in [0.05, 0.1) is 0 Å². The Labute approximate surface area is 117 Å². The van der Waals surface area contributed by atoms with Gasteiger partial charge in [0, 0.05) is 23.7 Å². The number of nitrogens with two attached hydrogens (primary N) is 1. The number of nitrogens with one attached hydrogen (secondary N) is 2. The molecule has 0 saturated heterocycles. The zero-order valence-electron chi connectivity index (χ0n) is 11.1. The van der Waals surface area contributed by atoms with Crippen LogP contribution in [0.2, 0.25) is 0 Å². The summed E-state index contributed by atoms with van der Waals surface area (Å²) < 4.78 is 5.81. The van der Waals surface area contributed by atoms with Gasteiger partial charge in [-0.15, -0.1) is 11.8 Å². The van der Waals surface area contributed by atoms with Gasteiger partial charge >= 0.3 is 0 Å². The van der Waals surface area contributed by atoms with Gasteiger partial charge in [-0.2, -0.15) is 0 Å². The zero-order valence-corrected chi connectivity index (χ0v) is 11.9. The second-order valence-corrected chi connectivity index (χ2v) is 5.21. The first-order valence-electron chi connectivity index (χ1n) is 6.12. The van der Waals surface area contributed by atoms with E-state index >= 15 is 0 Å². The van der Waals surface area contributed by atoms with Crippen molar-refractivity contribution in [3.63, 3.8) is 0 Å². The van der Waals surface area contributed by atoms with Gasteiger partial charge in [0.15, 0.2) is 18.1 Å². The van der Waals surface area contributed by atoms with Crippen LogP contribution in [0.25, 0.3) is 0 Å². The van der Waals surface area contributed by atoms with E-state index in [0.717, 1.165) is 17.2 Å². The average Bonchev–Trinajstić information content (AvgIpc) is 2.42. The third-order valence-corrected chi connectivity index (χ3v) is 3.54. The van der Waals surface area contributed by atoms with E-state index in [1.54, 1.807) is 24.2 Å². The van der Waals surface area contributed by atoms with Crippen LogP contribution in [0.1, 0.15) is 6.92 Å². The molecule has 4 nitrogen and oxygen atoms in total. The summed E-state index contributed by atoms with van der Waals surface area (Å²) in [5.74, 6) is 2.46. The van der Waals surface area contributed by atoms with Gasteiger partial charge < -0.3 is 15.8 Å². The standard InChI is InChI=1S/C14H17N3OS/c1-3-19-14-8-10(4-5-12(14)16-2)18-13-6-7-17-9-11(13)15/h4-9,16H,3,15H2,1-2H3/p+1. The molecule has 2 rings (SSSR count). The molecule has 19 heavy (non-hydrogen) atoms. The Kier molecular flexibility index (Phi) is 4.52. The van der Waals surface area contributed by atoms with E-state index in [1.165, 1.54) is 4.90 Å². The normalized spacial score (nSPS) is 10.2. The zero-order chi connectivity index (χ0) is 13.7. The predicted molar refractivity (Wildman–Crippen MR) is 79.9 cm³/mol. The maximum atomic E-state index is 5.85. The number of pyridine rings is 1. The summed E-state index contributed by atoms with van der Waals surface area (Å²) in [4.78, 5) is 4.09. The molecule has 0 aliphatic carbocycles. The Morgan fingerprint density at radius 3 is 2.89 bits per heavy atom. The first kappa shape index (κ1) is 13.5. The van der Waals surface area contributed by atoms with Crippen LogP contribution in [-0.4, -0.2) is 12.8 Å². The number of aromatic nitrogens is 1. The largest absolute Gasteiger partial charge is 0.455 e. The molecule has 0 unspecified atom stereocenters. The molecule has 0 fully saturated rings. The summed E-state index contributed by atoms with van der Waals surface area (Å²) >= 11 is 1.78. The Morgan fingerprint density at radius 1 is 1.37 bits per heavy atom. The highest BCUT2D eigenvalue weighted by molar-refractivity contribution is 7.99. The monoisotopic (exact) mass is 276 g/mol. The number of rotatable bonds is 5. The molecule has 0 amide bonds.